The Hall–Kier alpha value is -3.74. The first-order chi connectivity index (χ1) is 14.5. The number of aromatic nitrogens is 3. The van der Waals surface area contributed by atoms with E-state index in [4.69, 9.17) is 4.52 Å². The molecule has 0 atom stereocenters. The van der Waals surface area contributed by atoms with Gasteiger partial charge in [-0.3, -0.25) is 14.2 Å². The van der Waals surface area contributed by atoms with Gasteiger partial charge in [0.05, 0.1) is 6.33 Å². The first-order valence-electron chi connectivity index (χ1n) is 9.76. The van der Waals surface area contributed by atoms with Gasteiger partial charge in [0.15, 0.2) is 0 Å². The molecule has 0 aliphatic rings. The zero-order valence-corrected chi connectivity index (χ0v) is 16.9. The minimum absolute atomic E-state index is 0.0911. The molecule has 1 amide bonds. The molecule has 0 aliphatic carbocycles. The Labute approximate surface area is 173 Å². The second-order valence-corrected chi connectivity index (χ2v) is 7.27. The lowest BCUT2D eigenvalue weighted by Crippen LogP contribution is -2.27. The van der Waals surface area contributed by atoms with Crippen molar-refractivity contribution >= 4 is 17.0 Å². The number of benzene rings is 2. The predicted molar refractivity (Wildman–Crippen MR) is 114 cm³/mol. The van der Waals surface area contributed by atoms with Crippen LogP contribution in [-0.4, -0.2) is 20.6 Å². The van der Waals surface area contributed by atoms with Crippen LogP contribution < -0.4 is 10.9 Å². The van der Waals surface area contributed by atoms with Gasteiger partial charge in [-0.05, 0) is 25.0 Å². The summed E-state index contributed by atoms with van der Waals surface area (Å²) in [6.45, 7) is 4.67. The van der Waals surface area contributed by atoms with Crippen LogP contribution in [0.2, 0.25) is 0 Å². The molecule has 2 aromatic carbocycles. The van der Waals surface area contributed by atoms with Gasteiger partial charge in [-0.1, -0.05) is 59.3 Å². The molecule has 0 unspecified atom stereocenters. The quantitative estimate of drug-likeness (QED) is 0.534. The Morgan fingerprint density at radius 1 is 1.10 bits per heavy atom. The monoisotopic (exact) mass is 402 g/mol. The summed E-state index contributed by atoms with van der Waals surface area (Å²) in [5.41, 5.74) is 4.84. The average Bonchev–Trinajstić information content (AvgIpc) is 3.18. The van der Waals surface area contributed by atoms with Gasteiger partial charge < -0.3 is 9.84 Å². The Balaban J connectivity index is 1.45. The summed E-state index contributed by atoms with van der Waals surface area (Å²) >= 11 is 0. The van der Waals surface area contributed by atoms with E-state index in [0.29, 0.717) is 17.8 Å². The summed E-state index contributed by atoms with van der Waals surface area (Å²) in [4.78, 5) is 29.3. The maximum atomic E-state index is 12.7. The molecular formula is C23H22N4O3. The number of amides is 1. The molecule has 30 heavy (non-hydrogen) atoms. The van der Waals surface area contributed by atoms with Crippen molar-refractivity contribution in [1.82, 2.24) is 20.0 Å². The van der Waals surface area contributed by atoms with Crippen LogP contribution in [0.1, 0.15) is 23.1 Å². The zero-order chi connectivity index (χ0) is 21.1. The van der Waals surface area contributed by atoms with E-state index in [2.05, 4.69) is 15.5 Å². The number of rotatable bonds is 6. The SMILES string of the molecule is Cc1ccc(-c2noc3c(=O)n(CCC(=O)NCc4ccccc4C)cnc23)cc1. The van der Waals surface area contributed by atoms with Crippen LogP contribution in [0, 0.1) is 13.8 Å². The van der Waals surface area contributed by atoms with E-state index in [1.54, 1.807) is 0 Å². The third kappa shape index (κ3) is 4.00. The predicted octanol–water partition coefficient (Wildman–Crippen LogP) is 3.37. The van der Waals surface area contributed by atoms with Crippen molar-refractivity contribution in [3.05, 3.63) is 81.9 Å². The highest BCUT2D eigenvalue weighted by atomic mass is 16.5. The summed E-state index contributed by atoms with van der Waals surface area (Å²) < 4.78 is 6.66. The number of hydrogen-bond donors (Lipinski definition) is 1. The Morgan fingerprint density at radius 2 is 1.87 bits per heavy atom. The first-order valence-corrected chi connectivity index (χ1v) is 9.76. The van der Waals surface area contributed by atoms with E-state index in [-0.39, 0.29) is 30.0 Å². The second-order valence-electron chi connectivity index (χ2n) is 7.27. The van der Waals surface area contributed by atoms with Crippen molar-refractivity contribution in [2.75, 3.05) is 0 Å². The lowest BCUT2D eigenvalue weighted by molar-refractivity contribution is -0.121. The Morgan fingerprint density at radius 3 is 2.63 bits per heavy atom. The molecule has 7 nitrogen and oxygen atoms in total. The molecule has 1 N–H and O–H groups in total. The highest BCUT2D eigenvalue weighted by molar-refractivity contribution is 5.87. The van der Waals surface area contributed by atoms with Crippen LogP contribution >= 0.6 is 0 Å². The van der Waals surface area contributed by atoms with E-state index >= 15 is 0 Å². The van der Waals surface area contributed by atoms with Gasteiger partial charge >= 0.3 is 0 Å². The summed E-state index contributed by atoms with van der Waals surface area (Å²) in [6, 6.07) is 15.6. The molecule has 0 saturated carbocycles. The van der Waals surface area contributed by atoms with E-state index < -0.39 is 0 Å². The van der Waals surface area contributed by atoms with Crippen molar-refractivity contribution in [1.29, 1.82) is 0 Å². The van der Waals surface area contributed by atoms with Crippen molar-refractivity contribution in [2.24, 2.45) is 0 Å². The van der Waals surface area contributed by atoms with Crippen molar-refractivity contribution < 1.29 is 9.32 Å². The smallest absolute Gasteiger partial charge is 0.299 e. The molecule has 152 valence electrons. The number of nitrogens with zero attached hydrogens (tertiary/aromatic N) is 3. The highest BCUT2D eigenvalue weighted by Gasteiger charge is 2.16. The maximum Gasteiger partial charge on any atom is 0.299 e. The fourth-order valence-corrected chi connectivity index (χ4v) is 3.23. The minimum atomic E-state index is -0.349. The zero-order valence-electron chi connectivity index (χ0n) is 16.9. The molecule has 0 saturated heterocycles. The Kier molecular flexibility index (Phi) is 5.43. The maximum absolute atomic E-state index is 12.7. The fourth-order valence-electron chi connectivity index (χ4n) is 3.23. The van der Waals surface area contributed by atoms with Crippen LogP contribution in [0.4, 0.5) is 0 Å². The lowest BCUT2D eigenvalue weighted by Gasteiger charge is -2.08. The number of aryl methyl sites for hydroxylation is 3. The molecule has 0 radical (unpaired) electrons. The molecular weight excluding hydrogens is 380 g/mol. The standard InChI is InChI=1S/C23H22N4O3/c1-15-7-9-17(10-8-15)20-21-22(30-26-20)23(29)27(14-25-21)12-11-19(28)24-13-18-6-4-3-5-16(18)2/h3-10,14H,11-13H2,1-2H3,(H,24,28). The summed E-state index contributed by atoms with van der Waals surface area (Å²) in [5, 5.41) is 6.92. The van der Waals surface area contributed by atoms with Crippen LogP contribution in [0.15, 0.2) is 64.2 Å². The summed E-state index contributed by atoms with van der Waals surface area (Å²) in [6.07, 6.45) is 1.60. The lowest BCUT2D eigenvalue weighted by atomic mass is 10.1. The second kappa shape index (κ2) is 8.32. The fraction of sp³-hybridized carbons (Fsp3) is 0.217. The molecule has 7 heteroatoms. The molecule has 4 aromatic rings. The van der Waals surface area contributed by atoms with E-state index in [9.17, 15) is 9.59 Å². The summed E-state index contributed by atoms with van der Waals surface area (Å²) in [5.74, 6) is -0.136. The molecule has 0 bridgehead atoms. The van der Waals surface area contributed by atoms with E-state index in [1.807, 2.05) is 62.4 Å². The van der Waals surface area contributed by atoms with Gasteiger partial charge in [0.25, 0.3) is 11.1 Å². The topological polar surface area (TPSA) is 90.0 Å². The third-order valence-corrected chi connectivity index (χ3v) is 5.09. The van der Waals surface area contributed by atoms with Gasteiger partial charge in [-0.15, -0.1) is 0 Å². The normalized spacial score (nSPS) is 11.0. The van der Waals surface area contributed by atoms with Gasteiger partial charge in [-0.2, -0.15) is 0 Å². The minimum Gasteiger partial charge on any atom is -0.352 e. The molecule has 2 aromatic heterocycles. The van der Waals surface area contributed by atoms with Crippen molar-refractivity contribution in [3.63, 3.8) is 0 Å². The largest absolute Gasteiger partial charge is 0.352 e. The van der Waals surface area contributed by atoms with Gasteiger partial charge in [-0.25, -0.2) is 4.98 Å². The first kappa shape index (κ1) is 19.6. The van der Waals surface area contributed by atoms with Crippen molar-refractivity contribution in [3.8, 4) is 11.3 Å². The molecule has 4 rings (SSSR count). The van der Waals surface area contributed by atoms with Gasteiger partial charge in [0, 0.05) is 25.1 Å². The molecule has 2 heterocycles. The van der Waals surface area contributed by atoms with Crippen LogP contribution in [-0.2, 0) is 17.9 Å². The number of carbonyl (C=O) groups is 1. The summed E-state index contributed by atoms with van der Waals surface area (Å²) in [7, 11) is 0. The number of fused-ring (bicyclic) bond motifs is 1. The molecule has 0 spiro atoms. The van der Waals surface area contributed by atoms with Gasteiger partial charge in [0.2, 0.25) is 5.91 Å². The number of carbonyl (C=O) groups excluding carboxylic acids is 1. The van der Waals surface area contributed by atoms with Crippen LogP contribution in [0.5, 0.6) is 0 Å². The van der Waals surface area contributed by atoms with Gasteiger partial charge in [0.1, 0.15) is 11.2 Å². The van der Waals surface area contributed by atoms with E-state index in [0.717, 1.165) is 22.3 Å². The van der Waals surface area contributed by atoms with Crippen LogP contribution in [0.25, 0.3) is 22.4 Å². The molecule has 0 fully saturated rings. The number of nitrogens with one attached hydrogen (secondary N) is 1. The molecule has 0 aliphatic heterocycles. The number of hydrogen-bond acceptors (Lipinski definition) is 5. The van der Waals surface area contributed by atoms with Crippen LogP contribution in [0.3, 0.4) is 0 Å². The van der Waals surface area contributed by atoms with Crippen molar-refractivity contribution in [2.45, 2.75) is 33.4 Å². The van der Waals surface area contributed by atoms with E-state index in [1.165, 1.54) is 10.9 Å². The average molecular weight is 402 g/mol. The third-order valence-electron chi connectivity index (χ3n) is 5.09. The Bertz CT molecular complexity index is 1260. The highest BCUT2D eigenvalue weighted by Crippen LogP contribution is 2.24.